The molecule has 7 rings (SSSR count). The number of hydrogen-bond donors (Lipinski definition) is 0. The number of hydrogen-bond acceptors (Lipinski definition) is 8. The molecule has 0 N–H and O–H groups in total. The molecule has 2 aliphatic rings. The van der Waals surface area contributed by atoms with Crippen LogP contribution in [0.4, 0.5) is 11.4 Å². The van der Waals surface area contributed by atoms with E-state index in [0.29, 0.717) is 22.5 Å². The molecule has 0 saturated carbocycles. The van der Waals surface area contributed by atoms with E-state index in [4.69, 9.17) is 22.3 Å². The van der Waals surface area contributed by atoms with Gasteiger partial charge in [0.15, 0.2) is 0 Å². The molecule has 0 spiro atoms. The van der Waals surface area contributed by atoms with Crippen LogP contribution in [0.15, 0.2) is 109 Å². The van der Waals surface area contributed by atoms with Crippen LogP contribution in [0.25, 0.3) is 0 Å². The maximum atomic E-state index is 13.2. The molecule has 0 aliphatic carbocycles. The molecule has 2 aliphatic heterocycles. The van der Waals surface area contributed by atoms with Crippen molar-refractivity contribution in [1.29, 1.82) is 0 Å². The molecule has 5 aromatic rings. The normalized spacial score (nSPS) is 13.0. The summed E-state index contributed by atoms with van der Waals surface area (Å²) in [7, 11) is 0. The van der Waals surface area contributed by atoms with Gasteiger partial charge in [-0.25, -0.2) is 19.4 Å². The number of fused-ring (bicyclic) bond motifs is 2. The van der Waals surface area contributed by atoms with Crippen LogP contribution in [-0.4, -0.2) is 35.6 Å². The lowest BCUT2D eigenvalue weighted by Gasteiger charge is -2.13. The van der Waals surface area contributed by atoms with E-state index in [1.165, 1.54) is 60.7 Å². The molecule has 0 unspecified atom stereocenters. The van der Waals surface area contributed by atoms with Gasteiger partial charge in [-0.2, -0.15) is 0 Å². The van der Waals surface area contributed by atoms with Gasteiger partial charge in [0.25, 0.3) is 23.6 Å². The van der Waals surface area contributed by atoms with Gasteiger partial charge in [-0.05, 0) is 97.1 Å². The molecule has 10 heteroatoms. The van der Waals surface area contributed by atoms with E-state index in [2.05, 4.69) is 11.8 Å². The SMILES string of the molecule is C#Cc1cccc(N2C(=O)c3ccc(OC(=O)c4ccc(OC(=O)c5ccc6c(c5)C(=O)N(c5cccc(C#C)c5)C6=O)cc4)cc3C2=O)c1. The Morgan fingerprint density at radius 3 is 1.48 bits per heavy atom. The molecule has 2 heterocycles. The second-order valence-electron chi connectivity index (χ2n) is 11.1. The Morgan fingerprint density at radius 1 is 0.480 bits per heavy atom. The second-order valence-corrected chi connectivity index (χ2v) is 11.1. The van der Waals surface area contributed by atoms with Crippen molar-refractivity contribution in [2.45, 2.75) is 0 Å². The number of ether oxygens (including phenoxy) is 2. The molecule has 0 atom stereocenters. The van der Waals surface area contributed by atoms with Gasteiger partial charge in [-0.1, -0.05) is 24.0 Å². The molecular weight excluding hydrogens is 636 g/mol. The van der Waals surface area contributed by atoms with E-state index in [1.54, 1.807) is 48.5 Å². The third-order valence-corrected chi connectivity index (χ3v) is 8.03. The molecule has 0 saturated heterocycles. The topological polar surface area (TPSA) is 127 Å². The van der Waals surface area contributed by atoms with Crippen molar-refractivity contribution in [1.82, 2.24) is 0 Å². The van der Waals surface area contributed by atoms with Gasteiger partial charge in [0.2, 0.25) is 0 Å². The Hall–Kier alpha value is -7.56. The summed E-state index contributed by atoms with van der Waals surface area (Å²) in [5, 5.41) is 0. The van der Waals surface area contributed by atoms with Crippen LogP contribution in [0.1, 0.15) is 73.3 Å². The van der Waals surface area contributed by atoms with Crippen molar-refractivity contribution in [2.24, 2.45) is 0 Å². The summed E-state index contributed by atoms with van der Waals surface area (Å²) >= 11 is 0. The summed E-state index contributed by atoms with van der Waals surface area (Å²) in [5.41, 5.74) is 2.15. The summed E-state index contributed by atoms with van der Waals surface area (Å²) in [6.45, 7) is 0. The number of amides is 4. The van der Waals surface area contributed by atoms with E-state index in [1.807, 2.05) is 0 Å². The Labute approximate surface area is 284 Å². The summed E-state index contributed by atoms with van der Waals surface area (Å²) in [6, 6.07) is 26.6. The fourth-order valence-corrected chi connectivity index (χ4v) is 5.58. The predicted octanol–water partition coefficient (Wildman–Crippen LogP) is 5.69. The Morgan fingerprint density at radius 2 is 0.920 bits per heavy atom. The number of benzene rings is 5. The minimum Gasteiger partial charge on any atom is -0.423 e. The molecule has 50 heavy (non-hydrogen) atoms. The lowest BCUT2D eigenvalue weighted by Crippen LogP contribution is -2.29. The molecule has 5 aromatic carbocycles. The van der Waals surface area contributed by atoms with E-state index in [9.17, 15) is 28.8 Å². The smallest absolute Gasteiger partial charge is 0.343 e. The quantitative estimate of drug-likeness (QED) is 0.0988. The van der Waals surface area contributed by atoms with Gasteiger partial charge in [0.1, 0.15) is 11.5 Å². The first-order valence-electron chi connectivity index (χ1n) is 14.9. The summed E-state index contributed by atoms with van der Waals surface area (Å²) in [6.07, 6.45) is 10.9. The molecule has 0 aromatic heterocycles. The average Bonchev–Trinajstić information content (AvgIpc) is 3.54. The van der Waals surface area contributed by atoms with Gasteiger partial charge >= 0.3 is 11.9 Å². The molecule has 4 amide bonds. The number of carbonyl (C=O) groups excluding carboxylic acids is 6. The van der Waals surface area contributed by atoms with Crippen molar-refractivity contribution >= 4 is 46.9 Å². The highest BCUT2D eigenvalue weighted by molar-refractivity contribution is 6.35. The lowest BCUT2D eigenvalue weighted by atomic mass is 10.1. The third kappa shape index (κ3) is 5.35. The first-order chi connectivity index (χ1) is 24.2. The second kappa shape index (κ2) is 12.2. The van der Waals surface area contributed by atoms with Crippen LogP contribution in [-0.2, 0) is 0 Å². The highest BCUT2D eigenvalue weighted by Gasteiger charge is 2.38. The number of carbonyl (C=O) groups is 6. The molecule has 0 fully saturated rings. The highest BCUT2D eigenvalue weighted by atomic mass is 16.5. The molecule has 10 nitrogen and oxygen atoms in total. The first kappa shape index (κ1) is 31.1. The minimum absolute atomic E-state index is 0.0274. The Kier molecular flexibility index (Phi) is 7.60. The highest BCUT2D eigenvalue weighted by Crippen LogP contribution is 2.32. The molecule has 0 bridgehead atoms. The van der Waals surface area contributed by atoms with Crippen molar-refractivity contribution in [3.8, 4) is 36.2 Å². The summed E-state index contributed by atoms with van der Waals surface area (Å²) in [4.78, 5) is 80.2. The first-order valence-corrected chi connectivity index (χ1v) is 14.9. The lowest BCUT2D eigenvalue weighted by molar-refractivity contribution is 0.0730. The van der Waals surface area contributed by atoms with Crippen LogP contribution in [0.2, 0.25) is 0 Å². The minimum atomic E-state index is -0.798. The number of anilines is 2. The van der Waals surface area contributed by atoms with Crippen LogP contribution >= 0.6 is 0 Å². The van der Waals surface area contributed by atoms with E-state index in [0.717, 1.165) is 9.80 Å². The summed E-state index contributed by atoms with van der Waals surface area (Å²) in [5.74, 6) is 1.23. The van der Waals surface area contributed by atoms with Crippen molar-refractivity contribution in [2.75, 3.05) is 9.80 Å². The standard InChI is InChI=1S/C40H20N2O8/c1-3-23-7-5-9-27(19-23)41-35(43)31-17-13-26(21-33(31)37(41)45)40(48)49-29-14-11-25(12-15-29)39(47)50-30-16-18-32-34(22-30)38(46)42(36(32)44)28-10-6-8-24(4-2)20-28/h1-2,5-22H. The number of esters is 2. The Bertz CT molecular complexity index is 2430. The fourth-order valence-electron chi connectivity index (χ4n) is 5.58. The maximum absolute atomic E-state index is 13.2. The van der Waals surface area contributed by atoms with E-state index in [-0.39, 0.29) is 44.9 Å². The van der Waals surface area contributed by atoms with Gasteiger partial charge in [-0.3, -0.25) is 19.2 Å². The molecule has 238 valence electrons. The number of rotatable bonds is 6. The van der Waals surface area contributed by atoms with Crippen molar-refractivity contribution in [3.05, 3.63) is 154 Å². The summed E-state index contributed by atoms with van der Waals surface area (Å²) < 4.78 is 10.9. The van der Waals surface area contributed by atoms with E-state index >= 15 is 0 Å². The van der Waals surface area contributed by atoms with Gasteiger partial charge in [0, 0.05) is 11.1 Å². The zero-order valence-electron chi connectivity index (χ0n) is 25.7. The van der Waals surface area contributed by atoms with Gasteiger partial charge in [-0.15, -0.1) is 12.8 Å². The third-order valence-electron chi connectivity index (χ3n) is 8.03. The van der Waals surface area contributed by atoms with Crippen molar-refractivity contribution < 1.29 is 38.2 Å². The van der Waals surface area contributed by atoms with Crippen LogP contribution in [0, 0.1) is 24.7 Å². The molecular formula is C40H20N2O8. The van der Waals surface area contributed by atoms with Crippen LogP contribution in [0.5, 0.6) is 11.5 Å². The number of nitrogens with zero attached hydrogens (tertiary/aromatic N) is 2. The Balaban J connectivity index is 1.02. The largest absolute Gasteiger partial charge is 0.423 e. The van der Waals surface area contributed by atoms with E-state index < -0.39 is 35.6 Å². The molecule has 0 radical (unpaired) electrons. The van der Waals surface area contributed by atoms with Crippen LogP contribution in [0.3, 0.4) is 0 Å². The average molecular weight is 657 g/mol. The zero-order valence-corrected chi connectivity index (χ0v) is 25.7. The maximum Gasteiger partial charge on any atom is 0.343 e. The van der Waals surface area contributed by atoms with Gasteiger partial charge in [0.05, 0.1) is 44.8 Å². The number of terminal acetylenes is 2. The van der Waals surface area contributed by atoms with Crippen molar-refractivity contribution in [3.63, 3.8) is 0 Å². The number of imide groups is 2. The van der Waals surface area contributed by atoms with Gasteiger partial charge < -0.3 is 9.47 Å². The predicted molar refractivity (Wildman–Crippen MR) is 180 cm³/mol. The fraction of sp³-hybridized carbons (Fsp3) is 0. The zero-order chi connectivity index (χ0) is 35.1. The monoisotopic (exact) mass is 656 g/mol. The van der Waals surface area contributed by atoms with Crippen LogP contribution < -0.4 is 19.3 Å².